The van der Waals surface area contributed by atoms with Crippen molar-refractivity contribution in [3.63, 3.8) is 0 Å². The Bertz CT molecular complexity index is 457. The highest BCUT2D eigenvalue weighted by molar-refractivity contribution is 9.10. The summed E-state index contributed by atoms with van der Waals surface area (Å²) in [6, 6.07) is 8.29. The lowest BCUT2D eigenvalue weighted by atomic mass is 10.1. The fourth-order valence-electron chi connectivity index (χ4n) is 1.73. The third-order valence-electron chi connectivity index (χ3n) is 2.44. The maximum atomic E-state index is 4.23. The van der Waals surface area contributed by atoms with E-state index in [0.717, 1.165) is 16.6 Å². The predicted molar refractivity (Wildman–Crippen MR) is 69.8 cm³/mol. The van der Waals surface area contributed by atoms with Gasteiger partial charge in [0.2, 0.25) is 0 Å². The van der Waals surface area contributed by atoms with Crippen molar-refractivity contribution < 1.29 is 0 Å². The molecule has 0 N–H and O–H groups in total. The minimum atomic E-state index is 0.644. The van der Waals surface area contributed by atoms with Gasteiger partial charge in [-0.05, 0) is 36.6 Å². The second-order valence-electron chi connectivity index (χ2n) is 4.33. The van der Waals surface area contributed by atoms with Gasteiger partial charge in [-0.1, -0.05) is 29.8 Å². The van der Waals surface area contributed by atoms with Crippen LogP contribution in [0.2, 0.25) is 0 Å². The van der Waals surface area contributed by atoms with E-state index in [1.165, 1.54) is 5.69 Å². The molecule has 0 saturated carbocycles. The van der Waals surface area contributed by atoms with Crippen molar-refractivity contribution in [2.24, 2.45) is 5.92 Å². The van der Waals surface area contributed by atoms with Crippen molar-refractivity contribution in [2.75, 3.05) is 0 Å². The van der Waals surface area contributed by atoms with Crippen LogP contribution in [0.5, 0.6) is 0 Å². The second-order valence-corrected chi connectivity index (χ2v) is 5.25. The zero-order valence-electron chi connectivity index (χ0n) is 9.52. The highest BCUT2D eigenvalue weighted by Crippen LogP contribution is 2.17. The third kappa shape index (κ3) is 2.53. The summed E-state index contributed by atoms with van der Waals surface area (Å²) >= 11 is 3.44. The molecule has 0 spiro atoms. The second kappa shape index (κ2) is 4.83. The number of hydrogen-bond acceptors (Lipinski definition) is 1. The SMILES string of the molecule is CC(C)Cc1cncn1-c1ccc(Br)cc1. The number of aromatic nitrogens is 2. The summed E-state index contributed by atoms with van der Waals surface area (Å²) in [5, 5.41) is 0. The minimum Gasteiger partial charge on any atom is -0.303 e. The molecule has 0 atom stereocenters. The van der Waals surface area contributed by atoms with Crippen LogP contribution in [0.3, 0.4) is 0 Å². The summed E-state index contributed by atoms with van der Waals surface area (Å²) in [5.41, 5.74) is 2.42. The molecule has 0 aliphatic rings. The Morgan fingerprint density at radius 2 is 1.94 bits per heavy atom. The van der Waals surface area contributed by atoms with Gasteiger partial charge in [-0.3, -0.25) is 0 Å². The highest BCUT2D eigenvalue weighted by Gasteiger charge is 2.06. The van der Waals surface area contributed by atoms with Crippen molar-refractivity contribution >= 4 is 15.9 Å². The van der Waals surface area contributed by atoms with E-state index in [1.807, 2.05) is 12.5 Å². The average molecular weight is 279 g/mol. The van der Waals surface area contributed by atoms with Gasteiger partial charge in [0.05, 0.1) is 6.33 Å². The van der Waals surface area contributed by atoms with Crippen LogP contribution in [-0.4, -0.2) is 9.55 Å². The summed E-state index contributed by atoms with van der Waals surface area (Å²) in [7, 11) is 0. The van der Waals surface area contributed by atoms with Crippen LogP contribution in [0.4, 0.5) is 0 Å². The van der Waals surface area contributed by atoms with Crippen molar-refractivity contribution in [2.45, 2.75) is 20.3 Å². The standard InChI is InChI=1S/C13H15BrN2/c1-10(2)7-13-8-15-9-16(13)12-5-3-11(14)4-6-12/h3-6,8-10H,7H2,1-2H3. The first-order valence-corrected chi connectivity index (χ1v) is 6.23. The zero-order valence-corrected chi connectivity index (χ0v) is 11.1. The molecule has 2 aromatic rings. The van der Waals surface area contributed by atoms with Crippen molar-refractivity contribution in [1.29, 1.82) is 0 Å². The Hall–Kier alpha value is -1.09. The molecular weight excluding hydrogens is 264 g/mol. The van der Waals surface area contributed by atoms with Crippen LogP contribution >= 0.6 is 15.9 Å². The van der Waals surface area contributed by atoms with Crippen LogP contribution in [-0.2, 0) is 6.42 Å². The van der Waals surface area contributed by atoms with Crippen molar-refractivity contribution in [3.8, 4) is 5.69 Å². The Morgan fingerprint density at radius 1 is 1.25 bits per heavy atom. The number of benzene rings is 1. The van der Waals surface area contributed by atoms with E-state index in [4.69, 9.17) is 0 Å². The highest BCUT2D eigenvalue weighted by atomic mass is 79.9. The monoisotopic (exact) mass is 278 g/mol. The molecule has 0 amide bonds. The lowest BCUT2D eigenvalue weighted by Crippen LogP contribution is -2.02. The van der Waals surface area contributed by atoms with Gasteiger partial charge < -0.3 is 4.57 Å². The molecule has 0 unspecified atom stereocenters. The Labute approximate surface area is 104 Å². The molecule has 0 fully saturated rings. The minimum absolute atomic E-state index is 0.644. The van der Waals surface area contributed by atoms with Gasteiger partial charge in [0.25, 0.3) is 0 Å². The topological polar surface area (TPSA) is 17.8 Å². The summed E-state index contributed by atoms with van der Waals surface area (Å²) in [6.07, 6.45) is 4.87. The van der Waals surface area contributed by atoms with E-state index in [2.05, 4.69) is 63.6 Å². The lowest BCUT2D eigenvalue weighted by Gasteiger charge is -2.09. The molecule has 2 rings (SSSR count). The molecule has 16 heavy (non-hydrogen) atoms. The molecule has 0 bridgehead atoms. The number of imidazole rings is 1. The van der Waals surface area contributed by atoms with Gasteiger partial charge in [-0.25, -0.2) is 4.98 Å². The van der Waals surface area contributed by atoms with E-state index in [1.54, 1.807) is 0 Å². The first-order chi connectivity index (χ1) is 7.66. The van der Waals surface area contributed by atoms with Crippen LogP contribution in [0.25, 0.3) is 5.69 Å². The Kier molecular flexibility index (Phi) is 3.44. The average Bonchev–Trinajstić information content (AvgIpc) is 2.66. The van der Waals surface area contributed by atoms with Crippen LogP contribution in [0, 0.1) is 5.92 Å². The van der Waals surface area contributed by atoms with Crippen LogP contribution < -0.4 is 0 Å². The zero-order chi connectivity index (χ0) is 11.5. The smallest absolute Gasteiger partial charge is 0.0994 e. The predicted octanol–water partition coefficient (Wildman–Crippen LogP) is 3.83. The quantitative estimate of drug-likeness (QED) is 0.834. The van der Waals surface area contributed by atoms with Crippen LogP contribution in [0.15, 0.2) is 41.3 Å². The first kappa shape index (κ1) is 11.4. The molecule has 0 radical (unpaired) electrons. The maximum absolute atomic E-state index is 4.23. The molecule has 0 aliphatic heterocycles. The number of nitrogens with zero attached hydrogens (tertiary/aromatic N) is 2. The number of halogens is 1. The van der Waals surface area contributed by atoms with Crippen LogP contribution in [0.1, 0.15) is 19.5 Å². The van der Waals surface area contributed by atoms with Gasteiger partial charge in [-0.15, -0.1) is 0 Å². The van der Waals surface area contributed by atoms with E-state index in [-0.39, 0.29) is 0 Å². The number of hydrogen-bond donors (Lipinski definition) is 0. The van der Waals surface area contributed by atoms with E-state index >= 15 is 0 Å². The van der Waals surface area contributed by atoms with Gasteiger partial charge in [0.15, 0.2) is 0 Å². The van der Waals surface area contributed by atoms with Gasteiger partial charge in [0, 0.05) is 22.1 Å². The van der Waals surface area contributed by atoms with Crippen molar-refractivity contribution in [3.05, 3.63) is 47.0 Å². The molecule has 1 aromatic heterocycles. The molecule has 0 saturated heterocycles. The molecule has 84 valence electrons. The van der Waals surface area contributed by atoms with Gasteiger partial charge in [0.1, 0.15) is 0 Å². The molecule has 3 heteroatoms. The molecule has 0 aliphatic carbocycles. The summed E-state index contributed by atoms with van der Waals surface area (Å²) in [5.74, 6) is 0.644. The van der Waals surface area contributed by atoms with Gasteiger partial charge in [-0.2, -0.15) is 0 Å². The summed E-state index contributed by atoms with van der Waals surface area (Å²) in [4.78, 5) is 4.23. The Morgan fingerprint density at radius 3 is 2.56 bits per heavy atom. The molecule has 2 nitrogen and oxygen atoms in total. The van der Waals surface area contributed by atoms with E-state index < -0.39 is 0 Å². The fraction of sp³-hybridized carbons (Fsp3) is 0.308. The summed E-state index contributed by atoms with van der Waals surface area (Å²) < 4.78 is 3.24. The normalized spacial score (nSPS) is 11.0. The molecule has 1 aromatic carbocycles. The number of rotatable bonds is 3. The van der Waals surface area contributed by atoms with E-state index in [0.29, 0.717) is 5.92 Å². The van der Waals surface area contributed by atoms with Crippen molar-refractivity contribution in [1.82, 2.24) is 9.55 Å². The maximum Gasteiger partial charge on any atom is 0.0994 e. The first-order valence-electron chi connectivity index (χ1n) is 5.44. The molecular formula is C13H15BrN2. The fourth-order valence-corrected chi connectivity index (χ4v) is 1.99. The molecule has 1 heterocycles. The lowest BCUT2D eigenvalue weighted by molar-refractivity contribution is 0.627. The summed E-state index contributed by atoms with van der Waals surface area (Å²) in [6.45, 7) is 4.44. The van der Waals surface area contributed by atoms with E-state index in [9.17, 15) is 0 Å². The largest absolute Gasteiger partial charge is 0.303 e. The third-order valence-corrected chi connectivity index (χ3v) is 2.97. The Balaban J connectivity index is 2.33. The van der Waals surface area contributed by atoms with Gasteiger partial charge >= 0.3 is 0 Å².